The van der Waals surface area contributed by atoms with E-state index in [1.807, 2.05) is 12.1 Å². The van der Waals surface area contributed by atoms with Crippen LogP contribution in [0.3, 0.4) is 0 Å². The van der Waals surface area contributed by atoms with Crippen LogP contribution >= 0.6 is 28.6 Å². The van der Waals surface area contributed by atoms with Gasteiger partial charge in [0.25, 0.3) is 5.91 Å². The van der Waals surface area contributed by atoms with E-state index in [-0.39, 0.29) is 5.91 Å². The van der Waals surface area contributed by atoms with Crippen LogP contribution in [0.5, 0.6) is 0 Å². The van der Waals surface area contributed by atoms with Gasteiger partial charge in [-0.15, -0.1) is 12.6 Å². The summed E-state index contributed by atoms with van der Waals surface area (Å²) in [4.78, 5) is 12.6. The van der Waals surface area contributed by atoms with E-state index in [0.717, 1.165) is 11.0 Å². The van der Waals surface area contributed by atoms with E-state index in [1.54, 1.807) is 6.07 Å². The lowest BCUT2D eigenvalue weighted by Crippen LogP contribution is -2.29. The number of carbonyl (C=O) groups is 1. The Kier molecular flexibility index (Phi) is 3.31. The fourth-order valence-electron chi connectivity index (χ4n) is 1.48. The second kappa shape index (κ2) is 4.41. The molecule has 0 saturated heterocycles. The second-order valence-corrected chi connectivity index (χ2v) is 6.05. The van der Waals surface area contributed by atoms with E-state index in [4.69, 9.17) is 0 Å². The Hall–Kier alpha value is -0.480. The largest absolute Gasteiger partial charge is 0.351 e. The molecule has 1 aliphatic rings. The molecule has 1 saturated carbocycles. The van der Waals surface area contributed by atoms with Crippen molar-refractivity contribution in [2.45, 2.75) is 24.7 Å². The monoisotopic (exact) mass is 299 g/mol. The Balaban J connectivity index is 2.02. The molecule has 1 N–H and O–H groups in total. The Labute approximate surface area is 109 Å². The summed E-state index contributed by atoms with van der Waals surface area (Å²) in [6.07, 6.45) is 2.42. The van der Waals surface area contributed by atoms with E-state index in [1.165, 1.54) is 12.8 Å². The first kappa shape index (κ1) is 12.0. The molecule has 0 unspecified atom stereocenters. The lowest BCUT2D eigenvalue weighted by molar-refractivity contribution is 0.0943. The summed E-state index contributed by atoms with van der Waals surface area (Å²) in [5.41, 5.74) is 0.970. The van der Waals surface area contributed by atoms with Crippen molar-refractivity contribution in [3.05, 3.63) is 28.2 Å². The zero-order chi connectivity index (χ0) is 11.8. The van der Waals surface area contributed by atoms with E-state index in [2.05, 4.69) is 40.8 Å². The number of thiol groups is 1. The van der Waals surface area contributed by atoms with Crippen molar-refractivity contribution in [3.8, 4) is 0 Å². The molecule has 0 spiro atoms. The Bertz CT molecular complexity index is 429. The van der Waals surface area contributed by atoms with Crippen molar-refractivity contribution in [2.24, 2.45) is 5.41 Å². The number of benzene rings is 1. The molecule has 1 aromatic rings. The average molecular weight is 300 g/mol. The van der Waals surface area contributed by atoms with Crippen LogP contribution in [0.15, 0.2) is 27.6 Å². The molecule has 0 heterocycles. The summed E-state index contributed by atoms with van der Waals surface area (Å²) in [6, 6.07) is 5.47. The first-order valence-electron chi connectivity index (χ1n) is 5.27. The molecule has 0 radical (unpaired) electrons. The van der Waals surface area contributed by atoms with Gasteiger partial charge in [-0.25, -0.2) is 0 Å². The molecule has 2 rings (SSSR count). The minimum absolute atomic E-state index is 0.0365. The SMILES string of the molecule is CC1(CNC(=O)c2ccc(Br)cc2S)CC1. The number of halogens is 1. The zero-order valence-corrected chi connectivity index (χ0v) is 11.6. The van der Waals surface area contributed by atoms with Gasteiger partial charge in [0, 0.05) is 15.9 Å². The smallest absolute Gasteiger partial charge is 0.252 e. The molecule has 1 aliphatic carbocycles. The molecule has 2 nitrogen and oxygen atoms in total. The van der Waals surface area contributed by atoms with Crippen molar-refractivity contribution in [2.75, 3.05) is 6.54 Å². The summed E-state index contributed by atoms with van der Waals surface area (Å²) >= 11 is 7.64. The lowest BCUT2D eigenvalue weighted by Gasteiger charge is -2.11. The normalized spacial score (nSPS) is 16.9. The van der Waals surface area contributed by atoms with Gasteiger partial charge in [-0.05, 0) is 36.5 Å². The van der Waals surface area contributed by atoms with Crippen LogP contribution in [-0.4, -0.2) is 12.5 Å². The third-order valence-corrected chi connectivity index (χ3v) is 3.85. The van der Waals surface area contributed by atoms with Gasteiger partial charge in [-0.3, -0.25) is 4.79 Å². The van der Waals surface area contributed by atoms with Gasteiger partial charge in [0.1, 0.15) is 0 Å². The van der Waals surface area contributed by atoms with E-state index in [0.29, 0.717) is 15.9 Å². The van der Waals surface area contributed by atoms with Crippen LogP contribution in [-0.2, 0) is 0 Å². The van der Waals surface area contributed by atoms with E-state index in [9.17, 15) is 4.79 Å². The number of hydrogen-bond acceptors (Lipinski definition) is 2. The van der Waals surface area contributed by atoms with Crippen LogP contribution < -0.4 is 5.32 Å². The molecular formula is C12H14BrNOS. The summed E-state index contributed by atoms with van der Waals surface area (Å²) in [7, 11) is 0. The second-order valence-electron chi connectivity index (χ2n) is 4.65. The van der Waals surface area contributed by atoms with Crippen LogP contribution in [0, 0.1) is 5.41 Å². The first-order valence-corrected chi connectivity index (χ1v) is 6.51. The Morgan fingerprint density at radius 1 is 1.56 bits per heavy atom. The fourth-order valence-corrected chi connectivity index (χ4v) is 2.33. The van der Waals surface area contributed by atoms with Gasteiger partial charge >= 0.3 is 0 Å². The first-order chi connectivity index (χ1) is 7.50. The highest BCUT2D eigenvalue weighted by Gasteiger charge is 2.37. The minimum atomic E-state index is -0.0365. The van der Waals surface area contributed by atoms with Crippen molar-refractivity contribution in [1.82, 2.24) is 5.32 Å². The topological polar surface area (TPSA) is 29.1 Å². The molecule has 4 heteroatoms. The number of carbonyl (C=O) groups excluding carboxylic acids is 1. The third-order valence-electron chi connectivity index (χ3n) is 2.98. The van der Waals surface area contributed by atoms with Crippen LogP contribution in [0.2, 0.25) is 0 Å². The highest BCUT2D eigenvalue weighted by Crippen LogP contribution is 2.44. The van der Waals surface area contributed by atoms with Crippen LogP contribution in [0.4, 0.5) is 0 Å². The summed E-state index contributed by atoms with van der Waals surface area (Å²) in [6.45, 7) is 2.95. The average Bonchev–Trinajstić information content (AvgIpc) is 2.94. The molecule has 1 aromatic carbocycles. The van der Waals surface area contributed by atoms with E-state index < -0.39 is 0 Å². The molecule has 1 fully saturated rings. The molecule has 86 valence electrons. The highest BCUT2D eigenvalue weighted by atomic mass is 79.9. The maximum Gasteiger partial charge on any atom is 0.252 e. The predicted octanol–water partition coefficient (Wildman–Crippen LogP) is 3.27. The Morgan fingerprint density at radius 2 is 2.25 bits per heavy atom. The highest BCUT2D eigenvalue weighted by molar-refractivity contribution is 9.10. The number of nitrogens with one attached hydrogen (secondary N) is 1. The van der Waals surface area contributed by atoms with Gasteiger partial charge in [0.15, 0.2) is 0 Å². The number of amides is 1. The predicted molar refractivity (Wildman–Crippen MR) is 71.1 cm³/mol. The zero-order valence-electron chi connectivity index (χ0n) is 9.09. The Morgan fingerprint density at radius 3 is 2.81 bits per heavy atom. The van der Waals surface area contributed by atoms with Gasteiger partial charge in [-0.2, -0.15) is 0 Å². The van der Waals surface area contributed by atoms with Gasteiger partial charge in [0.05, 0.1) is 5.56 Å². The molecule has 1 amide bonds. The molecule has 16 heavy (non-hydrogen) atoms. The van der Waals surface area contributed by atoms with Gasteiger partial charge in [0.2, 0.25) is 0 Å². The van der Waals surface area contributed by atoms with Crippen LogP contribution in [0.25, 0.3) is 0 Å². The van der Waals surface area contributed by atoms with Crippen LogP contribution in [0.1, 0.15) is 30.1 Å². The number of hydrogen-bond donors (Lipinski definition) is 2. The molecule has 0 aliphatic heterocycles. The van der Waals surface area contributed by atoms with Crippen molar-refractivity contribution in [1.29, 1.82) is 0 Å². The number of rotatable bonds is 3. The van der Waals surface area contributed by atoms with Gasteiger partial charge in [-0.1, -0.05) is 22.9 Å². The fraction of sp³-hybridized carbons (Fsp3) is 0.417. The summed E-state index contributed by atoms with van der Waals surface area (Å²) in [5.74, 6) is -0.0365. The van der Waals surface area contributed by atoms with Gasteiger partial charge < -0.3 is 5.32 Å². The summed E-state index contributed by atoms with van der Waals surface area (Å²) in [5, 5.41) is 2.96. The summed E-state index contributed by atoms with van der Waals surface area (Å²) < 4.78 is 0.934. The van der Waals surface area contributed by atoms with Crippen molar-refractivity contribution >= 4 is 34.5 Å². The molecule has 0 bridgehead atoms. The quantitative estimate of drug-likeness (QED) is 0.824. The van der Waals surface area contributed by atoms with Crippen molar-refractivity contribution in [3.63, 3.8) is 0 Å². The maximum atomic E-state index is 11.9. The standard InChI is InChI=1S/C12H14BrNOS/c1-12(4-5-12)7-14-11(15)9-3-2-8(13)6-10(9)16/h2-3,6,16H,4-5,7H2,1H3,(H,14,15). The van der Waals surface area contributed by atoms with E-state index >= 15 is 0 Å². The molecule has 0 aromatic heterocycles. The van der Waals surface area contributed by atoms with Crippen molar-refractivity contribution < 1.29 is 4.79 Å². The minimum Gasteiger partial charge on any atom is -0.351 e. The molecular weight excluding hydrogens is 286 g/mol. The lowest BCUT2D eigenvalue weighted by atomic mass is 10.1. The maximum absolute atomic E-state index is 11.9. The third kappa shape index (κ3) is 2.80. The molecule has 0 atom stereocenters.